The largest absolute Gasteiger partial charge is 0.435 e. The quantitative estimate of drug-likeness (QED) is 0.428. The van der Waals surface area contributed by atoms with Crippen molar-refractivity contribution in [2.75, 3.05) is 0 Å². The summed E-state index contributed by atoms with van der Waals surface area (Å²) in [6.07, 6.45) is 0.553. The Bertz CT molecular complexity index is 140. The summed E-state index contributed by atoms with van der Waals surface area (Å²) in [5, 5.41) is 0. The van der Waals surface area contributed by atoms with Gasteiger partial charge in [0.25, 0.3) is 0 Å². The van der Waals surface area contributed by atoms with Crippen molar-refractivity contribution in [2.24, 2.45) is 0 Å². The van der Waals surface area contributed by atoms with Crippen molar-refractivity contribution in [3.05, 3.63) is 25.2 Å². The monoisotopic (exact) mass is 130 g/mol. The minimum absolute atomic E-state index is 0.397. The zero-order valence-electron chi connectivity index (χ0n) is 4.89. The van der Waals surface area contributed by atoms with Gasteiger partial charge in [-0.25, -0.2) is 4.39 Å². The second kappa shape index (κ2) is 3.83. The molecule has 0 aromatic rings. The Labute approximate surface area is 52.6 Å². The van der Waals surface area contributed by atoms with Gasteiger partial charge in [0.2, 0.25) is 0 Å². The van der Waals surface area contributed by atoms with E-state index in [2.05, 4.69) is 17.9 Å². The third kappa shape index (κ3) is 4.74. The van der Waals surface area contributed by atoms with Crippen molar-refractivity contribution in [1.82, 2.24) is 0 Å². The first-order valence-corrected chi connectivity index (χ1v) is 2.30. The summed E-state index contributed by atoms with van der Waals surface area (Å²) in [7, 11) is 0. The molecule has 0 N–H and O–H groups in total. The molecule has 2 nitrogen and oxygen atoms in total. The van der Waals surface area contributed by atoms with Crippen LogP contribution in [-0.2, 0) is 9.53 Å². The van der Waals surface area contributed by atoms with E-state index in [1.807, 2.05) is 0 Å². The van der Waals surface area contributed by atoms with Crippen LogP contribution < -0.4 is 0 Å². The average Bonchev–Trinajstić information content (AvgIpc) is 1.63. The highest BCUT2D eigenvalue weighted by atomic mass is 19.1. The van der Waals surface area contributed by atoms with Crippen LogP contribution in [0.1, 0.15) is 6.42 Å². The molecule has 0 fully saturated rings. The van der Waals surface area contributed by atoms with Crippen LogP contribution in [0.3, 0.4) is 0 Å². The maximum atomic E-state index is 11.7. The molecule has 0 saturated heterocycles. The van der Waals surface area contributed by atoms with Gasteiger partial charge in [0.05, 0.1) is 12.7 Å². The van der Waals surface area contributed by atoms with Crippen LogP contribution in [0.2, 0.25) is 0 Å². The molecule has 9 heavy (non-hydrogen) atoms. The van der Waals surface area contributed by atoms with E-state index < -0.39 is 18.2 Å². The second-order valence-corrected chi connectivity index (χ2v) is 1.35. The van der Waals surface area contributed by atoms with Crippen molar-refractivity contribution in [3.8, 4) is 0 Å². The molecule has 0 aliphatic heterocycles. The van der Waals surface area contributed by atoms with Gasteiger partial charge in [-0.2, -0.15) is 0 Å². The third-order valence-corrected chi connectivity index (χ3v) is 0.551. The number of rotatable bonds is 3. The molecule has 0 aromatic carbocycles. The molecule has 0 rings (SSSR count). The average molecular weight is 130 g/mol. The van der Waals surface area contributed by atoms with Gasteiger partial charge in [-0.15, -0.1) is 0 Å². The van der Waals surface area contributed by atoms with E-state index >= 15 is 0 Å². The van der Waals surface area contributed by atoms with Gasteiger partial charge in [-0.3, -0.25) is 4.79 Å². The van der Waals surface area contributed by atoms with Crippen LogP contribution >= 0.6 is 0 Å². The Balaban J connectivity index is 3.50. The summed E-state index contributed by atoms with van der Waals surface area (Å²) in [5.74, 6) is -1.39. The summed E-state index contributed by atoms with van der Waals surface area (Å²) in [6, 6.07) is 0. The van der Waals surface area contributed by atoms with E-state index in [1.165, 1.54) is 0 Å². The van der Waals surface area contributed by atoms with Crippen molar-refractivity contribution in [2.45, 2.75) is 6.42 Å². The molecule has 0 amide bonds. The highest BCUT2D eigenvalue weighted by molar-refractivity contribution is 5.72. The number of esters is 1. The molecule has 0 aromatic heterocycles. The molecule has 0 spiro atoms. The SMILES string of the molecule is C=COC(=O)CC(=C)F. The first-order valence-electron chi connectivity index (χ1n) is 2.30. The Morgan fingerprint density at radius 3 is 2.67 bits per heavy atom. The standard InChI is InChI=1S/C6H7FO2/c1-3-9-6(8)4-5(2)7/h3H,1-2,4H2. The first kappa shape index (κ1) is 7.88. The number of carbonyl (C=O) groups excluding carboxylic acids is 1. The summed E-state index contributed by atoms with van der Waals surface area (Å²) in [6.45, 7) is 5.99. The fraction of sp³-hybridized carbons (Fsp3) is 0.167. The minimum Gasteiger partial charge on any atom is -0.435 e. The topological polar surface area (TPSA) is 26.3 Å². The normalized spacial score (nSPS) is 8.11. The lowest BCUT2D eigenvalue weighted by Gasteiger charge is -1.92. The van der Waals surface area contributed by atoms with Gasteiger partial charge < -0.3 is 4.74 Å². The molecule has 0 unspecified atom stereocenters. The summed E-state index contributed by atoms with van der Waals surface area (Å²) < 4.78 is 15.9. The van der Waals surface area contributed by atoms with Gasteiger partial charge in [0, 0.05) is 0 Å². The van der Waals surface area contributed by atoms with E-state index in [4.69, 9.17) is 0 Å². The van der Waals surface area contributed by atoms with Crippen molar-refractivity contribution in [1.29, 1.82) is 0 Å². The van der Waals surface area contributed by atoms with Crippen LogP contribution in [-0.4, -0.2) is 5.97 Å². The molecule has 0 saturated carbocycles. The second-order valence-electron chi connectivity index (χ2n) is 1.35. The Hall–Kier alpha value is -1.12. The number of carbonyl (C=O) groups is 1. The van der Waals surface area contributed by atoms with Crippen LogP contribution in [0, 0.1) is 0 Å². The van der Waals surface area contributed by atoms with Crippen molar-refractivity contribution < 1.29 is 13.9 Å². The molecule has 0 aliphatic carbocycles. The van der Waals surface area contributed by atoms with Gasteiger partial charge in [-0.05, 0) is 0 Å². The number of halogens is 1. The van der Waals surface area contributed by atoms with E-state index in [0.29, 0.717) is 0 Å². The number of hydrogen-bond acceptors (Lipinski definition) is 2. The molecule has 3 heteroatoms. The van der Waals surface area contributed by atoms with Gasteiger partial charge >= 0.3 is 5.97 Å². The van der Waals surface area contributed by atoms with E-state index in [0.717, 1.165) is 6.26 Å². The lowest BCUT2D eigenvalue weighted by molar-refractivity contribution is -0.137. The third-order valence-electron chi connectivity index (χ3n) is 0.551. The Morgan fingerprint density at radius 2 is 2.33 bits per heavy atom. The van der Waals surface area contributed by atoms with E-state index in [1.54, 1.807) is 0 Å². The number of hydrogen-bond donors (Lipinski definition) is 0. The summed E-state index contributed by atoms with van der Waals surface area (Å²) in [4.78, 5) is 10.3. The van der Waals surface area contributed by atoms with Gasteiger partial charge in [0.15, 0.2) is 0 Å². The lowest BCUT2D eigenvalue weighted by Crippen LogP contribution is -1.97. The maximum absolute atomic E-state index is 11.7. The molecule has 0 atom stereocenters. The van der Waals surface area contributed by atoms with Crippen molar-refractivity contribution in [3.63, 3.8) is 0 Å². The smallest absolute Gasteiger partial charge is 0.317 e. The fourth-order valence-corrected chi connectivity index (χ4v) is 0.291. The number of ether oxygens (including phenoxy) is 1. The highest BCUT2D eigenvalue weighted by Crippen LogP contribution is 1.99. The molecule has 0 bridgehead atoms. The van der Waals surface area contributed by atoms with Crippen LogP contribution in [0.15, 0.2) is 25.2 Å². The predicted molar refractivity (Wildman–Crippen MR) is 31.2 cm³/mol. The Kier molecular flexibility index (Phi) is 3.35. The molecular formula is C6H7FO2. The fourth-order valence-electron chi connectivity index (χ4n) is 0.291. The molecule has 0 aliphatic rings. The van der Waals surface area contributed by atoms with Crippen LogP contribution in [0.5, 0.6) is 0 Å². The van der Waals surface area contributed by atoms with Crippen molar-refractivity contribution >= 4 is 5.97 Å². The Morgan fingerprint density at radius 1 is 1.78 bits per heavy atom. The molecular weight excluding hydrogens is 123 g/mol. The van der Waals surface area contributed by atoms with Crippen LogP contribution in [0.25, 0.3) is 0 Å². The molecule has 0 radical (unpaired) electrons. The lowest BCUT2D eigenvalue weighted by atomic mass is 10.4. The van der Waals surface area contributed by atoms with Gasteiger partial charge in [-0.1, -0.05) is 13.2 Å². The minimum atomic E-state index is -0.707. The van der Waals surface area contributed by atoms with E-state index in [-0.39, 0.29) is 0 Å². The summed E-state index contributed by atoms with van der Waals surface area (Å²) >= 11 is 0. The van der Waals surface area contributed by atoms with Crippen LogP contribution in [0.4, 0.5) is 4.39 Å². The predicted octanol–water partition coefficient (Wildman–Crippen LogP) is 1.55. The zero-order valence-corrected chi connectivity index (χ0v) is 4.89. The molecule has 50 valence electrons. The maximum Gasteiger partial charge on any atom is 0.317 e. The summed E-state index contributed by atoms with van der Waals surface area (Å²) in [5.41, 5.74) is 0. The zero-order chi connectivity index (χ0) is 7.28. The van der Waals surface area contributed by atoms with E-state index in [9.17, 15) is 9.18 Å². The highest BCUT2D eigenvalue weighted by Gasteiger charge is 2.01. The molecule has 0 heterocycles. The first-order chi connectivity index (χ1) is 4.16. The van der Waals surface area contributed by atoms with Gasteiger partial charge in [0.1, 0.15) is 5.83 Å².